The molecule has 0 unspecified atom stereocenters. The molecule has 0 N–H and O–H groups in total. The van der Waals surface area contributed by atoms with Crippen molar-refractivity contribution in [2.24, 2.45) is 0 Å². The summed E-state index contributed by atoms with van der Waals surface area (Å²) in [5.41, 5.74) is 3.48. The van der Waals surface area contributed by atoms with E-state index >= 15 is 0 Å². The van der Waals surface area contributed by atoms with Crippen LogP contribution in [0.15, 0.2) is 57.7 Å². The van der Waals surface area contributed by atoms with E-state index in [0.29, 0.717) is 37.2 Å². The van der Waals surface area contributed by atoms with E-state index in [1.54, 1.807) is 24.3 Å². The minimum absolute atomic E-state index is 0.180. The van der Waals surface area contributed by atoms with Gasteiger partial charge in [0, 0.05) is 10.9 Å². The fraction of sp³-hybridized carbons (Fsp3) is 0.222. The van der Waals surface area contributed by atoms with Crippen LogP contribution in [0.1, 0.15) is 35.1 Å². The summed E-state index contributed by atoms with van der Waals surface area (Å²) in [6, 6.07) is 14.4. The highest BCUT2D eigenvalue weighted by Crippen LogP contribution is 2.40. The number of aryl methyl sites for hydroxylation is 1. The molecule has 1 heterocycles. The van der Waals surface area contributed by atoms with Crippen molar-refractivity contribution in [1.29, 1.82) is 0 Å². The molecule has 0 atom stereocenters. The van der Waals surface area contributed by atoms with E-state index in [1.165, 1.54) is 0 Å². The van der Waals surface area contributed by atoms with E-state index in [4.69, 9.17) is 60.3 Å². The fourth-order valence-corrected chi connectivity index (χ4v) is 4.93. The second kappa shape index (κ2) is 10.3. The van der Waals surface area contributed by atoms with E-state index in [2.05, 4.69) is 0 Å². The number of rotatable bonds is 6. The average molecular weight is 550 g/mol. The molecule has 0 spiro atoms. The molecule has 180 valence electrons. The highest BCUT2D eigenvalue weighted by Gasteiger charge is 2.22. The van der Waals surface area contributed by atoms with Crippen molar-refractivity contribution in [1.82, 2.24) is 0 Å². The van der Waals surface area contributed by atoms with Crippen LogP contribution in [0.4, 0.5) is 0 Å². The molecule has 0 saturated carbocycles. The Morgan fingerprint density at radius 3 is 1.94 bits per heavy atom. The molecular weight excluding hydrogens is 530 g/mol. The summed E-state index contributed by atoms with van der Waals surface area (Å²) in [6.07, 6.45) is 3.56. The lowest BCUT2D eigenvalue weighted by atomic mass is 9.90. The molecule has 5 rings (SSSR count). The van der Waals surface area contributed by atoms with E-state index in [1.807, 2.05) is 24.3 Å². The Bertz CT molecular complexity index is 1480. The highest BCUT2D eigenvalue weighted by atomic mass is 35.5. The Labute approximate surface area is 222 Å². The molecule has 1 aromatic heterocycles. The Morgan fingerprint density at radius 1 is 0.714 bits per heavy atom. The van der Waals surface area contributed by atoms with Crippen LogP contribution in [-0.2, 0) is 26.1 Å². The van der Waals surface area contributed by atoms with Gasteiger partial charge in [-0.15, -0.1) is 0 Å². The zero-order valence-electron chi connectivity index (χ0n) is 18.5. The summed E-state index contributed by atoms with van der Waals surface area (Å²) in [7, 11) is 0. The Hall–Kier alpha value is -2.37. The number of ether oxygens (including phenoxy) is 2. The lowest BCUT2D eigenvalue weighted by Crippen LogP contribution is -2.16. The number of hydrogen-bond donors (Lipinski definition) is 0. The minimum Gasteiger partial charge on any atom is -0.485 e. The van der Waals surface area contributed by atoms with Gasteiger partial charge in [0.25, 0.3) is 0 Å². The first kappa shape index (κ1) is 24.3. The lowest BCUT2D eigenvalue weighted by Gasteiger charge is -2.19. The van der Waals surface area contributed by atoms with Crippen LogP contribution < -0.4 is 15.1 Å². The first-order chi connectivity index (χ1) is 16.9. The third-order valence-corrected chi connectivity index (χ3v) is 7.53. The van der Waals surface area contributed by atoms with E-state index < -0.39 is 0 Å². The monoisotopic (exact) mass is 548 g/mol. The molecule has 4 aromatic rings. The van der Waals surface area contributed by atoms with Gasteiger partial charge in [-0.25, -0.2) is 4.79 Å². The summed E-state index contributed by atoms with van der Waals surface area (Å²) in [6.45, 7) is 0.403. The van der Waals surface area contributed by atoms with Gasteiger partial charge in [-0.2, -0.15) is 0 Å². The first-order valence-corrected chi connectivity index (χ1v) is 12.7. The van der Waals surface area contributed by atoms with Crippen molar-refractivity contribution in [2.45, 2.75) is 38.9 Å². The van der Waals surface area contributed by atoms with Crippen molar-refractivity contribution in [3.8, 4) is 11.5 Å². The third kappa shape index (κ3) is 5.12. The van der Waals surface area contributed by atoms with Gasteiger partial charge in [0.2, 0.25) is 5.75 Å². The maximum Gasteiger partial charge on any atom is 0.339 e. The van der Waals surface area contributed by atoms with Crippen molar-refractivity contribution < 1.29 is 13.9 Å². The lowest BCUT2D eigenvalue weighted by molar-refractivity contribution is 0.255. The summed E-state index contributed by atoms with van der Waals surface area (Å²) in [5.74, 6) is 0.807. The smallest absolute Gasteiger partial charge is 0.339 e. The molecule has 0 aliphatic heterocycles. The normalized spacial score (nSPS) is 13.0. The molecule has 3 aromatic carbocycles. The maximum atomic E-state index is 12.8. The Morgan fingerprint density at radius 2 is 1.31 bits per heavy atom. The largest absolute Gasteiger partial charge is 0.485 e. The van der Waals surface area contributed by atoms with Crippen molar-refractivity contribution >= 4 is 57.4 Å². The predicted molar refractivity (Wildman–Crippen MR) is 141 cm³/mol. The molecule has 4 nitrogen and oxygen atoms in total. The number of benzene rings is 3. The minimum atomic E-state index is -0.326. The molecule has 1 aliphatic rings. The Kier molecular flexibility index (Phi) is 7.17. The molecule has 1 aliphatic carbocycles. The Balaban J connectivity index is 1.54. The third-order valence-electron chi connectivity index (χ3n) is 6.06. The van der Waals surface area contributed by atoms with Gasteiger partial charge in [0.1, 0.15) is 13.2 Å². The maximum absolute atomic E-state index is 12.8. The van der Waals surface area contributed by atoms with Gasteiger partial charge in [0.05, 0.1) is 20.1 Å². The van der Waals surface area contributed by atoms with Crippen LogP contribution in [0.2, 0.25) is 20.1 Å². The summed E-state index contributed by atoms with van der Waals surface area (Å²) >= 11 is 24.4. The second-order valence-electron chi connectivity index (χ2n) is 8.40. The van der Waals surface area contributed by atoms with Gasteiger partial charge in [0.15, 0.2) is 11.3 Å². The van der Waals surface area contributed by atoms with Crippen LogP contribution in [-0.4, -0.2) is 0 Å². The molecule has 35 heavy (non-hydrogen) atoms. The van der Waals surface area contributed by atoms with Crippen molar-refractivity contribution in [3.63, 3.8) is 0 Å². The van der Waals surface area contributed by atoms with E-state index in [0.717, 1.165) is 53.3 Å². The van der Waals surface area contributed by atoms with E-state index in [-0.39, 0.29) is 18.8 Å². The standard InChI is InChI=1S/C27H20Cl4O4/c28-20-8-5-15(11-22(20)30)13-33-24-10-7-18-17-3-1-2-4-19(17)27(32)35-25(18)26(24)34-14-16-6-9-21(29)23(31)12-16/h5-12H,1-4,13-14H2. The fourth-order valence-electron chi connectivity index (χ4n) is 4.29. The van der Waals surface area contributed by atoms with Crippen molar-refractivity contribution in [3.05, 3.63) is 101 Å². The van der Waals surface area contributed by atoms with Gasteiger partial charge < -0.3 is 13.9 Å². The van der Waals surface area contributed by atoms with Gasteiger partial charge >= 0.3 is 5.63 Å². The van der Waals surface area contributed by atoms with Crippen LogP contribution >= 0.6 is 46.4 Å². The number of fused-ring (bicyclic) bond motifs is 3. The molecule has 0 saturated heterocycles. The molecule has 0 radical (unpaired) electrons. The van der Waals surface area contributed by atoms with Gasteiger partial charge in [-0.05, 0) is 78.8 Å². The van der Waals surface area contributed by atoms with Crippen molar-refractivity contribution in [2.75, 3.05) is 0 Å². The molecule has 0 bridgehead atoms. The van der Waals surface area contributed by atoms with Gasteiger partial charge in [-0.3, -0.25) is 0 Å². The SMILES string of the molecule is O=c1oc2c(OCc3ccc(Cl)c(Cl)c3)c(OCc3ccc(Cl)c(Cl)c3)ccc2c2c1CCCC2. The average Bonchev–Trinajstić information content (AvgIpc) is 2.86. The van der Waals surface area contributed by atoms with Crippen LogP contribution in [0.5, 0.6) is 11.5 Å². The summed E-state index contributed by atoms with van der Waals surface area (Å²) in [5, 5.41) is 2.68. The summed E-state index contributed by atoms with van der Waals surface area (Å²) < 4.78 is 18.1. The first-order valence-electron chi connectivity index (χ1n) is 11.2. The molecule has 0 fully saturated rings. The van der Waals surface area contributed by atoms with Crippen LogP contribution in [0, 0.1) is 0 Å². The zero-order chi connectivity index (χ0) is 24.5. The molecular formula is C27H20Cl4O4. The van der Waals surface area contributed by atoms with Crippen LogP contribution in [0.25, 0.3) is 11.0 Å². The molecule has 0 amide bonds. The number of hydrogen-bond acceptors (Lipinski definition) is 4. The predicted octanol–water partition coefficient (Wildman–Crippen LogP) is 8.44. The zero-order valence-corrected chi connectivity index (χ0v) is 21.5. The number of halogens is 4. The molecule has 8 heteroatoms. The quantitative estimate of drug-likeness (QED) is 0.226. The van der Waals surface area contributed by atoms with E-state index in [9.17, 15) is 4.79 Å². The van der Waals surface area contributed by atoms with Crippen LogP contribution in [0.3, 0.4) is 0 Å². The second-order valence-corrected chi connectivity index (χ2v) is 10.0. The topological polar surface area (TPSA) is 48.7 Å². The van der Waals surface area contributed by atoms with Gasteiger partial charge in [-0.1, -0.05) is 58.5 Å². The highest BCUT2D eigenvalue weighted by molar-refractivity contribution is 6.42. The summed E-state index contributed by atoms with van der Waals surface area (Å²) in [4.78, 5) is 12.8.